The van der Waals surface area contributed by atoms with Gasteiger partial charge in [0.1, 0.15) is 6.33 Å². The standard InChI is InChI=1S/C11H15BrN6O/c1-4-13-9(10-11(12)16-17-18(10)2)7-5-8(19-3)15-6-14-7/h5-6,9,13H,4H2,1-3H3. The smallest absolute Gasteiger partial charge is 0.216 e. The first-order chi connectivity index (χ1) is 9.17. The molecule has 0 aliphatic carbocycles. The Morgan fingerprint density at radius 3 is 2.84 bits per heavy atom. The van der Waals surface area contributed by atoms with Gasteiger partial charge in [-0.3, -0.25) is 0 Å². The molecule has 0 radical (unpaired) electrons. The van der Waals surface area contributed by atoms with E-state index in [1.807, 2.05) is 14.0 Å². The topological polar surface area (TPSA) is 77.8 Å². The summed E-state index contributed by atoms with van der Waals surface area (Å²) in [6, 6.07) is 1.67. The van der Waals surface area contributed by atoms with Crippen LogP contribution in [-0.4, -0.2) is 38.6 Å². The minimum Gasteiger partial charge on any atom is -0.481 e. The lowest BCUT2D eigenvalue weighted by Crippen LogP contribution is -2.25. The predicted octanol–water partition coefficient (Wildman–Crippen LogP) is 1.08. The predicted molar refractivity (Wildman–Crippen MR) is 72.8 cm³/mol. The van der Waals surface area contributed by atoms with Gasteiger partial charge in [0.05, 0.1) is 24.5 Å². The van der Waals surface area contributed by atoms with E-state index in [2.05, 4.69) is 41.5 Å². The molecule has 0 aromatic carbocycles. The Labute approximate surface area is 119 Å². The van der Waals surface area contributed by atoms with Gasteiger partial charge in [0, 0.05) is 13.1 Å². The maximum absolute atomic E-state index is 5.13. The van der Waals surface area contributed by atoms with E-state index in [0.29, 0.717) is 10.5 Å². The molecule has 2 heterocycles. The highest BCUT2D eigenvalue weighted by molar-refractivity contribution is 9.10. The van der Waals surface area contributed by atoms with E-state index in [1.165, 1.54) is 6.33 Å². The lowest BCUT2D eigenvalue weighted by atomic mass is 10.1. The Morgan fingerprint density at radius 2 is 2.26 bits per heavy atom. The van der Waals surface area contributed by atoms with Crippen LogP contribution in [-0.2, 0) is 7.05 Å². The molecule has 0 aliphatic rings. The highest BCUT2D eigenvalue weighted by atomic mass is 79.9. The van der Waals surface area contributed by atoms with E-state index < -0.39 is 0 Å². The number of nitrogens with zero attached hydrogens (tertiary/aromatic N) is 5. The van der Waals surface area contributed by atoms with Gasteiger partial charge in [-0.2, -0.15) is 0 Å². The van der Waals surface area contributed by atoms with Gasteiger partial charge in [0.15, 0.2) is 4.60 Å². The monoisotopic (exact) mass is 326 g/mol. The number of halogens is 1. The summed E-state index contributed by atoms with van der Waals surface area (Å²) in [6.07, 6.45) is 1.48. The Morgan fingerprint density at radius 1 is 1.47 bits per heavy atom. The summed E-state index contributed by atoms with van der Waals surface area (Å²) >= 11 is 3.41. The summed E-state index contributed by atoms with van der Waals surface area (Å²) in [4.78, 5) is 8.32. The summed E-state index contributed by atoms with van der Waals surface area (Å²) in [5.74, 6) is 0.527. The number of hydrogen-bond donors (Lipinski definition) is 1. The average Bonchev–Trinajstić information content (AvgIpc) is 2.76. The van der Waals surface area contributed by atoms with E-state index in [-0.39, 0.29) is 6.04 Å². The zero-order valence-electron chi connectivity index (χ0n) is 11.0. The van der Waals surface area contributed by atoms with Gasteiger partial charge in [-0.05, 0) is 22.5 Å². The first-order valence-corrected chi connectivity index (χ1v) is 6.61. The van der Waals surface area contributed by atoms with Gasteiger partial charge in [0.25, 0.3) is 0 Å². The molecule has 102 valence electrons. The Balaban J connectivity index is 2.45. The molecule has 0 saturated heterocycles. The van der Waals surface area contributed by atoms with Crippen LogP contribution >= 0.6 is 15.9 Å². The van der Waals surface area contributed by atoms with Crippen LogP contribution in [0.25, 0.3) is 0 Å². The minimum atomic E-state index is -0.128. The van der Waals surface area contributed by atoms with Crippen molar-refractivity contribution >= 4 is 15.9 Å². The normalized spacial score (nSPS) is 12.4. The highest BCUT2D eigenvalue weighted by Crippen LogP contribution is 2.26. The molecule has 1 unspecified atom stereocenters. The Bertz CT molecular complexity index is 538. The molecule has 2 aromatic heterocycles. The molecule has 2 rings (SSSR count). The molecule has 0 aliphatic heterocycles. The molecule has 19 heavy (non-hydrogen) atoms. The van der Waals surface area contributed by atoms with Crippen molar-refractivity contribution in [2.75, 3.05) is 13.7 Å². The van der Waals surface area contributed by atoms with Gasteiger partial charge in [-0.1, -0.05) is 12.1 Å². The zero-order valence-corrected chi connectivity index (χ0v) is 12.5. The second-order valence-corrected chi connectivity index (χ2v) is 4.62. The van der Waals surface area contributed by atoms with Crippen molar-refractivity contribution in [2.24, 2.45) is 7.05 Å². The molecule has 0 fully saturated rings. The van der Waals surface area contributed by atoms with Gasteiger partial charge >= 0.3 is 0 Å². The number of ether oxygens (including phenoxy) is 1. The number of aryl methyl sites for hydroxylation is 1. The average molecular weight is 327 g/mol. The van der Waals surface area contributed by atoms with Crippen molar-refractivity contribution < 1.29 is 4.74 Å². The van der Waals surface area contributed by atoms with Crippen molar-refractivity contribution in [3.8, 4) is 5.88 Å². The van der Waals surface area contributed by atoms with Gasteiger partial charge < -0.3 is 10.1 Å². The number of aromatic nitrogens is 5. The summed E-state index contributed by atoms with van der Waals surface area (Å²) < 4.78 is 7.54. The van der Waals surface area contributed by atoms with E-state index >= 15 is 0 Å². The van der Waals surface area contributed by atoms with Gasteiger partial charge in [-0.15, -0.1) is 5.10 Å². The maximum Gasteiger partial charge on any atom is 0.216 e. The van der Waals surface area contributed by atoms with Crippen LogP contribution in [0.4, 0.5) is 0 Å². The Hall–Kier alpha value is -1.54. The first kappa shape index (κ1) is 13.9. The van der Waals surface area contributed by atoms with E-state index in [9.17, 15) is 0 Å². The molecule has 1 atom stereocenters. The second kappa shape index (κ2) is 6.07. The van der Waals surface area contributed by atoms with Crippen LogP contribution in [0.1, 0.15) is 24.4 Å². The molecule has 2 aromatic rings. The number of rotatable bonds is 5. The molecule has 7 nitrogen and oxygen atoms in total. The second-order valence-electron chi connectivity index (χ2n) is 3.87. The molecule has 1 N–H and O–H groups in total. The molecule has 0 amide bonds. The highest BCUT2D eigenvalue weighted by Gasteiger charge is 2.23. The number of hydrogen-bond acceptors (Lipinski definition) is 6. The molecule has 0 bridgehead atoms. The van der Waals surface area contributed by atoms with E-state index in [0.717, 1.165) is 17.9 Å². The fourth-order valence-electron chi connectivity index (χ4n) is 1.81. The van der Waals surface area contributed by atoms with Crippen LogP contribution < -0.4 is 10.1 Å². The molecular formula is C11H15BrN6O. The SMILES string of the molecule is CCNC(c1cc(OC)ncn1)c1c(Br)nnn1C. The first-order valence-electron chi connectivity index (χ1n) is 5.81. The van der Waals surface area contributed by atoms with E-state index in [4.69, 9.17) is 4.74 Å². The lowest BCUT2D eigenvalue weighted by molar-refractivity contribution is 0.394. The van der Waals surface area contributed by atoms with E-state index in [1.54, 1.807) is 17.9 Å². The summed E-state index contributed by atoms with van der Waals surface area (Å²) in [5, 5.41) is 11.4. The molecule has 8 heteroatoms. The lowest BCUT2D eigenvalue weighted by Gasteiger charge is -2.17. The third-order valence-electron chi connectivity index (χ3n) is 2.68. The van der Waals surface area contributed by atoms with Crippen molar-refractivity contribution in [2.45, 2.75) is 13.0 Å². The number of nitrogens with one attached hydrogen (secondary N) is 1. The van der Waals surface area contributed by atoms with Crippen LogP contribution in [0.5, 0.6) is 5.88 Å². The third-order valence-corrected chi connectivity index (χ3v) is 3.24. The van der Waals surface area contributed by atoms with Crippen molar-refractivity contribution in [3.05, 3.63) is 28.4 Å². The van der Waals surface area contributed by atoms with Crippen LogP contribution in [0, 0.1) is 0 Å². The fraction of sp³-hybridized carbons (Fsp3) is 0.455. The van der Waals surface area contributed by atoms with Crippen LogP contribution in [0.15, 0.2) is 17.0 Å². The number of methoxy groups -OCH3 is 1. The van der Waals surface area contributed by atoms with Crippen molar-refractivity contribution in [1.82, 2.24) is 30.3 Å². The quantitative estimate of drug-likeness (QED) is 0.885. The fourth-order valence-corrected chi connectivity index (χ4v) is 2.37. The zero-order chi connectivity index (χ0) is 13.8. The Kier molecular flexibility index (Phi) is 4.43. The minimum absolute atomic E-state index is 0.128. The summed E-state index contributed by atoms with van der Waals surface area (Å²) in [7, 11) is 3.42. The molecule has 0 spiro atoms. The maximum atomic E-state index is 5.13. The van der Waals surface area contributed by atoms with Crippen molar-refractivity contribution in [3.63, 3.8) is 0 Å². The molecular weight excluding hydrogens is 312 g/mol. The van der Waals surface area contributed by atoms with Crippen molar-refractivity contribution in [1.29, 1.82) is 0 Å². The summed E-state index contributed by atoms with van der Waals surface area (Å²) in [6.45, 7) is 2.82. The largest absolute Gasteiger partial charge is 0.481 e. The van der Waals surface area contributed by atoms with Crippen LogP contribution in [0.3, 0.4) is 0 Å². The summed E-state index contributed by atoms with van der Waals surface area (Å²) in [5.41, 5.74) is 1.71. The van der Waals surface area contributed by atoms with Gasteiger partial charge in [0.2, 0.25) is 5.88 Å². The molecule has 0 saturated carbocycles. The van der Waals surface area contributed by atoms with Gasteiger partial charge in [-0.25, -0.2) is 14.6 Å². The third kappa shape index (κ3) is 2.90. The van der Waals surface area contributed by atoms with Crippen LogP contribution in [0.2, 0.25) is 0 Å².